The summed E-state index contributed by atoms with van der Waals surface area (Å²) in [5, 5.41) is 0. The van der Waals surface area contributed by atoms with Crippen LogP contribution in [0.5, 0.6) is 0 Å². The van der Waals surface area contributed by atoms with Crippen molar-refractivity contribution in [3.63, 3.8) is 0 Å². The monoisotopic (exact) mass is 523 g/mol. The van der Waals surface area contributed by atoms with Crippen molar-refractivity contribution in [2.45, 2.75) is 12.1 Å². The fourth-order valence-corrected chi connectivity index (χ4v) is 5.19. The van der Waals surface area contributed by atoms with E-state index in [2.05, 4.69) is 73.4 Å². The summed E-state index contributed by atoms with van der Waals surface area (Å²) in [6, 6.07) is 16.5. The van der Waals surface area contributed by atoms with E-state index < -0.39 is 0 Å². The minimum atomic E-state index is -0.332. The van der Waals surface area contributed by atoms with Crippen LogP contribution in [-0.4, -0.2) is 81.1 Å². The van der Waals surface area contributed by atoms with Crippen LogP contribution in [0.1, 0.15) is 23.7 Å². The van der Waals surface area contributed by atoms with E-state index in [1.165, 1.54) is 7.11 Å². The first-order valence-electron chi connectivity index (χ1n) is 12.8. The normalized spacial score (nSPS) is 19.1. The predicted octanol–water partition coefficient (Wildman–Crippen LogP) is 4.22. The number of imidazole rings is 2. The van der Waals surface area contributed by atoms with Gasteiger partial charge in [-0.2, -0.15) is 0 Å². The molecule has 39 heavy (non-hydrogen) atoms. The molecule has 10 nitrogen and oxygen atoms in total. The largest absolute Gasteiger partial charge is 0.453 e. The van der Waals surface area contributed by atoms with E-state index >= 15 is 0 Å². The molecule has 198 valence electrons. The molecule has 2 aromatic carbocycles. The van der Waals surface area contributed by atoms with Gasteiger partial charge in [-0.05, 0) is 29.3 Å². The number of nitrogens with one attached hydrogen (secondary N) is 2. The standard InChI is InChI=1S/C29H29N7O3/c1-34-17-36(29(38)39-2)16-26(34)28-31-15-24(33-28)22-11-7-20(8-12-22)19-5-9-21(10-6-19)23-14-30-27(32-23)25-4-3-13-35(25)18-37/h3-12,14-15,18,25-26H,13,16-17H2,1-2H3,(H,30,32)(H,31,33)/t25?,26-/m0/s1. The first kappa shape index (κ1) is 24.6. The predicted molar refractivity (Wildman–Crippen MR) is 146 cm³/mol. The van der Waals surface area contributed by atoms with Crippen molar-refractivity contribution in [3.8, 4) is 33.6 Å². The van der Waals surface area contributed by atoms with Gasteiger partial charge in [-0.3, -0.25) is 14.6 Å². The molecular weight excluding hydrogens is 494 g/mol. The maximum Gasteiger partial charge on any atom is 0.410 e. The third-order valence-electron chi connectivity index (χ3n) is 7.39. The maximum atomic E-state index is 11.9. The van der Waals surface area contributed by atoms with Gasteiger partial charge in [0.15, 0.2) is 0 Å². The number of carbonyl (C=O) groups is 2. The summed E-state index contributed by atoms with van der Waals surface area (Å²) in [6.45, 7) is 1.63. The van der Waals surface area contributed by atoms with E-state index in [1.54, 1.807) is 9.80 Å². The molecule has 1 saturated heterocycles. The van der Waals surface area contributed by atoms with Gasteiger partial charge in [0.25, 0.3) is 0 Å². The van der Waals surface area contributed by atoms with E-state index in [9.17, 15) is 9.59 Å². The molecule has 0 bridgehead atoms. The lowest BCUT2D eigenvalue weighted by atomic mass is 10.0. The number of nitrogens with zero attached hydrogens (tertiary/aromatic N) is 5. The van der Waals surface area contributed by atoms with Crippen LogP contribution in [0.3, 0.4) is 0 Å². The van der Waals surface area contributed by atoms with Gasteiger partial charge in [0.05, 0.1) is 43.6 Å². The highest BCUT2D eigenvalue weighted by molar-refractivity contribution is 5.71. The Bertz CT molecular complexity index is 1510. The molecule has 1 unspecified atom stereocenters. The van der Waals surface area contributed by atoms with Gasteiger partial charge in [-0.25, -0.2) is 14.8 Å². The van der Waals surface area contributed by atoms with Crippen LogP contribution in [0.4, 0.5) is 4.79 Å². The van der Waals surface area contributed by atoms with Crippen molar-refractivity contribution in [1.82, 2.24) is 34.6 Å². The number of likely N-dealkylation sites (N-methyl/N-ethyl adjacent to an activating group) is 1. The molecule has 6 rings (SSSR count). The molecule has 4 aromatic rings. The molecule has 0 saturated carbocycles. The zero-order valence-corrected chi connectivity index (χ0v) is 21.7. The average molecular weight is 524 g/mol. The van der Waals surface area contributed by atoms with Crippen LogP contribution < -0.4 is 0 Å². The smallest absolute Gasteiger partial charge is 0.410 e. The van der Waals surface area contributed by atoms with Crippen LogP contribution >= 0.6 is 0 Å². The Morgan fingerprint density at radius 2 is 1.49 bits per heavy atom. The highest BCUT2D eigenvalue weighted by Crippen LogP contribution is 2.30. The van der Waals surface area contributed by atoms with Crippen molar-refractivity contribution in [3.05, 3.63) is 84.7 Å². The summed E-state index contributed by atoms with van der Waals surface area (Å²) in [5.74, 6) is 1.58. The quantitative estimate of drug-likeness (QED) is 0.289. The fourth-order valence-electron chi connectivity index (χ4n) is 5.19. The number of aromatic nitrogens is 4. The van der Waals surface area contributed by atoms with Gasteiger partial charge < -0.3 is 19.6 Å². The van der Waals surface area contributed by atoms with Crippen molar-refractivity contribution in [1.29, 1.82) is 0 Å². The summed E-state index contributed by atoms with van der Waals surface area (Å²) >= 11 is 0. The van der Waals surface area contributed by atoms with Crippen LogP contribution in [0.15, 0.2) is 73.1 Å². The van der Waals surface area contributed by atoms with E-state index in [4.69, 9.17) is 4.74 Å². The molecule has 2 aliphatic rings. The minimum Gasteiger partial charge on any atom is -0.453 e. The number of hydrogen-bond acceptors (Lipinski definition) is 6. The van der Waals surface area contributed by atoms with Gasteiger partial charge in [0.1, 0.15) is 17.7 Å². The third kappa shape index (κ3) is 4.70. The molecule has 2 atom stereocenters. The Morgan fingerprint density at radius 3 is 2.08 bits per heavy atom. The zero-order chi connectivity index (χ0) is 26.9. The van der Waals surface area contributed by atoms with E-state index in [-0.39, 0.29) is 18.2 Å². The number of rotatable bonds is 6. The van der Waals surface area contributed by atoms with Gasteiger partial charge in [0, 0.05) is 13.1 Å². The number of H-pyrrole nitrogens is 2. The zero-order valence-electron chi connectivity index (χ0n) is 21.7. The number of methoxy groups -OCH3 is 1. The summed E-state index contributed by atoms with van der Waals surface area (Å²) in [5.41, 5.74) is 6.12. The van der Waals surface area contributed by atoms with Crippen molar-refractivity contribution < 1.29 is 14.3 Å². The first-order valence-corrected chi connectivity index (χ1v) is 12.8. The SMILES string of the molecule is COC(=O)N1C[C@@H](c2ncc(-c3ccc(-c4ccc(-c5cnc(C6C=CCN6C=O)[nH]5)cc4)cc3)[nH]2)N(C)C1. The lowest BCUT2D eigenvalue weighted by molar-refractivity contribution is -0.118. The van der Waals surface area contributed by atoms with Crippen molar-refractivity contribution in [2.75, 3.05) is 33.9 Å². The topological polar surface area (TPSA) is 110 Å². The maximum absolute atomic E-state index is 11.9. The van der Waals surface area contributed by atoms with Gasteiger partial charge >= 0.3 is 6.09 Å². The second-order valence-electron chi connectivity index (χ2n) is 9.80. The molecule has 0 aliphatic carbocycles. The average Bonchev–Trinajstić information content (AvgIpc) is 3.78. The Kier molecular flexibility index (Phi) is 6.45. The van der Waals surface area contributed by atoms with Gasteiger partial charge in [0.2, 0.25) is 6.41 Å². The van der Waals surface area contributed by atoms with E-state index in [1.807, 2.05) is 31.6 Å². The molecule has 1 fully saturated rings. The first-order chi connectivity index (χ1) is 19.0. The van der Waals surface area contributed by atoms with Crippen LogP contribution in [0.25, 0.3) is 33.6 Å². The Balaban J connectivity index is 1.14. The van der Waals surface area contributed by atoms with Crippen LogP contribution in [0, 0.1) is 0 Å². The van der Waals surface area contributed by atoms with Gasteiger partial charge in [-0.1, -0.05) is 60.7 Å². The summed E-state index contributed by atoms with van der Waals surface area (Å²) in [4.78, 5) is 44.5. The lowest BCUT2D eigenvalue weighted by Gasteiger charge is -2.17. The number of benzene rings is 2. The summed E-state index contributed by atoms with van der Waals surface area (Å²) in [7, 11) is 3.36. The summed E-state index contributed by atoms with van der Waals surface area (Å²) < 4.78 is 4.86. The highest BCUT2D eigenvalue weighted by atomic mass is 16.5. The lowest BCUT2D eigenvalue weighted by Crippen LogP contribution is -2.29. The Hall–Kier alpha value is -4.70. The fraction of sp³-hybridized carbons (Fsp3) is 0.241. The molecule has 4 heterocycles. The number of carbonyl (C=O) groups excluding carboxylic acids is 2. The molecule has 2 N–H and O–H groups in total. The Labute approximate surface area is 225 Å². The molecule has 2 aliphatic heterocycles. The number of aromatic amines is 2. The molecule has 10 heteroatoms. The van der Waals surface area contributed by atoms with Crippen LogP contribution in [-0.2, 0) is 9.53 Å². The van der Waals surface area contributed by atoms with E-state index in [0.29, 0.717) is 19.8 Å². The molecular formula is C29H29N7O3. The highest BCUT2D eigenvalue weighted by Gasteiger charge is 2.34. The number of hydrogen-bond donors (Lipinski definition) is 2. The third-order valence-corrected chi connectivity index (χ3v) is 7.39. The van der Waals surface area contributed by atoms with E-state index in [0.717, 1.165) is 51.7 Å². The molecule has 0 spiro atoms. The van der Waals surface area contributed by atoms with Crippen molar-refractivity contribution >= 4 is 12.5 Å². The minimum absolute atomic E-state index is 0.0137. The summed E-state index contributed by atoms with van der Waals surface area (Å²) in [6.07, 6.45) is 8.12. The van der Waals surface area contributed by atoms with Crippen molar-refractivity contribution in [2.24, 2.45) is 0 Å². The molecule has 0 radical (unpaired) electrons. The Morgan fingerprint density at radius 1 is 0.923 bits per heavy atom. The number of amides is 2. The molecule has 2 aromatic heterocycles. The number of ether oxygens (including phenoxy) is 1. The second-order valence-corrected chi connectivity index (χ2v) is 9.80. The van der Waals surface area contributed by atoms with Crippen LogP contribution in [0.2, 0.25) is 0 Å². The van der Waals surface area contributed by atoms with Gasteiger partial charge in [-0.15, -0.1) is 0 Å². The second kappa shape index (κ2) is 10.2. The molecule has 2 amide bonds.